The zero-order valence-corrected chi connectivity index (χ0v) is 44.2. The molecule has 1 aromatic heterocycles. The molecule has 3 aliphatic heterocycles. The van der Waals surface area contributed by atoms with Crippen molar-refractivity contribution < 1.29 is 48.3 Å². The summed E-state index contributed by atoms with van der Waals surface area (Å²) in [6, 6.07) is 32.1. The summed E-state index contributed by atoms with van der Waals surface area (Å²) in [5, 5.41) is 32.3. The van der Waals surface area contributed by atoms with Gasteiger partial charge in [-0.3, -0.25) is 4.79 Å². The van der Waals surface area contributed by atoms with Crippen LogP contribution < -0.4 is 10.4 Å². The highest BCUT2D eigenvalue weighted by molar-refractivity contribution is 5.90. The lowest BCUT2D eigenvalue weighted by atomic mass is 9.59. The second kappa shape index (κ2) is 22.2. The van der Waals surface area contributed by atoms with Gasteiger partial charge in [-0.1, -0.05) is 123 Å². The fourth-order valence-electron chi connectivity index (χ4n) is 15.1. The number of aliphatic hydroxyl groups excluding tert-OH is 3. The average Bonchev–Trinajstić information content (AvgIpc) is 4.09. The molecule has 76 heavy (non-hydrogen) atoms. The number of hydrogen-bond acceptors (Lipinski definition) is 11. The molecule has 3 fully saturated rings. The predicted molar refractivity (Wildman–Crippen MR) is 290 cm³/mol. The van der Waals surface area contributed by atoms with E-state index in [0.29, 0.717) is 53.5 Å². The number of aryl methyl sites for hydroxylation is 1. The van der Waals surface area contributed by atoms with Gasteiger partial charge >= 0.3 is 17.6 Å². The second-order valence-corrected chi connectivity index (χ2v) is 23.0. The molecule has 11 heteroatoms. The van der Waals surface area contributed by atoms with Gasteiger partial charge in [0, 0.05) is 65.7 Å². The summed E-state index contributed by atoms with van der Waals surface area (Å²) in [5.74, 6) is -1.35. The van der Waals surface area contributed by atoms with Crippen molar-refractivity contribution in [3.63, 3.8) is 0 Å². The Bertz CT molecular complexity index is 3030. The standard InChI is InChI=1S/C65H74O11/c1-40(37-67)50-25-21-41-19-22-42(23-20-41)51-26-24-45(44-13-10-17-49(35-44)64(30-8-9-31-64)48-15-4-3-5-16-48)34-47(51)36-56(69)73-60-58-55(76-65(61(60)75-62(50)70)32-11-14-43-12-6-7-18-54(43)65)28-27-52-53(38-68)57(63(71)74-59(52)58)46(29-33-66)39-72-2/h3-5,10,13,15-17,19-20,22-24,26-28,35,43,45-47,51,54,60-61,66-68H,6-9,11-12,14,18,21,25,29-34,36-39H2,1-2H3. The maximum Gasteiger partial charge on any atom is 0.340 e. The lowest BCUT2D eigenvalue weighted by Gasteiger charge is -2.56. The lowest BCUT2D eigenvalue weighted by Crippen LogP contribution is -2.63. The van der Waals surface area contributed by atoms with Crippen molar-refractivity contribution in [2.24, 2.45) is 17.8 Å². The Morgan fingerprint density at radius 3 is 2.32 bits per heavy atom. The minimum Gasteiger partial charge on any atom is -0.482 e. The van der Waals surface area contributed by atoms with Gasteiger partial charge in [0.05, 0.1) is 25.4 Å². The van der Waals surface area contributed by atoms with Gasteiger partial charge in [0.2, 0.25) is 0 Å². The van der Waals surface area contributed by atoms with Crippen LogP contribution in [0.1, 0.15) is 172 Å². The molecule has 0 amide bonds. The Labute approximate surface area is 446 Å². The van der Waals surface area contributed by atoms with Crippen molar-refractivity contribution in [3.05, 3.63) is 169 Å². The number of aliphatic hydroxyl groups is 3. The van der Waals surface area contributed by atoms with Crippen molar-refractivity contribution in [2.75, 3.05) is 26.9 Å². The molecule has 3 N–H and O–H groups in total. The smallest absolute Gasteiger partial charge is 0.340 e. The van der Waals surface area contributed by atoms with E-state index >= 15 is 9.59 Å². The van der Waals surface area contributed by atoms with Crippen LogP contribution >= 0.6 is 0 Å². The van der Waals surface area contributed by atoms with Gasteiger partial charge in [-0.25, -0.2) is 9.59 Å². The number of methoxy groups -OCH3 is 1. The monoisotopic (exact) mass is 1030 g/mol. The maximum atomic E-state index is 15.5. The quantitative estimate of drug-likeness (QED) is 0.0528. The van der Waals surface area contributed by atoms with Crippen LogP contribution in [0.25, 0.3) is 11.0 Å². The van der Waals surface area contributed by atoms with Crippen LogP contribution in [0.2, 0.25) is 0 Å². The molecule has 4 heterocycles. The molecule has 1 spiro atoms. The Morgan fingerprint density at radius 1 is 0.776 bits per heavy atom. The van der Waals surface area contributed by atoms with Crippen molar-refractivity contribution in [2.45, 2.75) is 157 Å². The van der Waals surface area contributed by atoms with Crippen molar-refractivity contribution in [1.29, 1.82) is 0 Å². The van der Waals surface area contributed by atoms with Crippen LogP contribution in [0.3, 0.4) is 0 Å². The molecule has 9 atom stereocenters. The first-order valence-corrected chi connectivity index (χ1v) is 28.2. The molecule has 0 saturated heterocycles. The van der Waals surface area contributed by atoms with Gasteiger partial charge in [0.25, 0.3) is 0 Å². The largest absolute Gasteiger partial charge is 0.482 e. The van der Waals surface area contributed by atoms with Gasteiger partial charge in [-0.05, 0) is 134 Å². The summed E-state index contributed by atoms with van der Waals surface area (Å²) in [7, 11) is 1.52. The third-order valence-electron chi connectivity index (χ3n) is 18.9. The fourth-order valence-corrected chi connectivity index (χ4v) is 15.1. The highest BCUT2D eigenvalue weighted by atomic mass is 16.6. The van der Waals surface area contributed by atoms with E-state index in [0.717, 1.165) is 62.5 Å². The topological polar surface area (TPSA) is 162 Å². The average molecular weight is 1030 g/mol. The van der Waals surface area contributed by atoms with E-state index in [2.05, 4.69) is 91.0 Å². The SMILES string of the molecule is COCC(CCO)c1c(CO)c2ccc3c(c2oc1=O)C1OC(=O)CC2CC(c4cccc(C5(c6ccccc6)CCCC5)c4)C=CC2c2ccc(cc2)CCC(=C(C)CO)C(=O)OC1C1(CCCC2CCCCC21)O3. The Kier molecular flexibility index (Phi) is 15.3. The normalized spacial score (nSPS) is 28.4. The number of esters is 2. The molecular formula is C65H74O11. The van der Waals surface area contributed by atoms with Gasteiger partial charge in [-0.15, -0.1) is 0 Å². The van der Waals surface area contributed by atoms with Crippen molar-refractivity contribution in [3.8, 4) is 5.75 Å². The van der Waals surface area contributed by atoms with Crippen LogP contribution in [-0.2, 0) is 42.2 Å². The number of carbonyl (C=O) groups excluding carboxylic acids is 2. The zero-order chi connectivity index (χ0) is 52.6. The van der Waals surface area contributed by atoms with Crippen LogP contribution in [0.15, 0.2) is 124 Å². The first-order valence-electron chi connectivity index (χ1n) is 28.2. The Hall–Kier alpha value is -5.85. The zero-order valence-electron chi connectivity index (χ0n) is 44.2. The van der Waals surface area contributed by atoms with Crippen LogP contribution in [0, 0.1) is 17.8 Å². The molecule has 11 nitrogen and oxygen atoms in total. The summed E-state index contributed by atoms with van der Waals surface area (Å²) in [4.78, 5) is 45.2. The van der Waals surface area contributed by atoms with Crippen molar-refractivity contribution in [1.82, 2.24) is 0 Å². The first-order chi connectivity index (χ1) is 37.1. The number of benzene rings is 4. The van der Waals surface area contributed by atoms with E-state index in [-0.39, 0.29) is 84.4 Å². The number of allylic oxidation sites excluding steroid dienone is 2. The van der Waals surface area contributed by atoms with E-state index in [1.165, 1.54) is 36.6 Å². The molecule has 4 aromatic carbocycles. The highest BCUT2D eigenvalue weighted by Gasteiger charge is 2.62. The van der Waals surface area contributed by atoms with E-state index in [9.17, 15) is 20.1 Å². The summed E-state index contributed by atoms with van der Waals surface area (Å²) in [6.45, 7) is 0.753. The van der Waals surface area contributed by atoms with Gasteiger partial charge in [0.15, 0.2) is 17.8 Å². The third-order valence-corrected chi connectivity index (χ3v) is 18.9. The summed E-state index contributed by atoms with van der Waals surface area (Å²) < 4.78 is 33.3. The van der Waals surface area contributed by atoms with Crippen LogP contribution in [0.4, 0.5) is 0 Å². The molecule has 400 valence electrons. The lowest BCUT2D eigenvalue weighted by molar-refractivity contribution is -0.216. The fraction of sp³-hybridized carbons (Fsp3) is 0.492. The first kappa shape index (κ1) is 52.2. The number of hydrogen-bond donors (Lipinski definition) is 3. The predicted octanol–water partition coefficient (Wildman–Crippen LogP) is 11.7. The molecule has 4 aliphatic carbocycles. The molecule has 2 bridgehead atoms. The van der Waals surface area contributed by atoms with Crippen molar-refractivity contribution >= 4 is 22.9 Å². The number of carbonyl (C=O) groups is 2. The molecule has 7 aliphatic rings. The minimum absolute atomic E-state index is 0.0244. The number of rotatable bonds is 10. The Balaban J connectivity index is 1.05. The molecule has 5 aromatic rings. The Morgan fingerprint density at radius 2 is 1.55 bits per heavy atom. The number of ether oxygens (including phenoxy) is 4. The molecule has 3 saturated carbocycles. The van der Waals surface area contributed by atoms with E-state index in [1.807, 2.05) is 6.07 Å². The third kappa shape index (κ3) is 9.57. The molecule has 9 unspecified atom stereocenters. The molecular weight excluding hydrogens is 957 g/mol. The van der Waals surface area contributed by atoms with E-state index < -0.39 is 47.9 Å². The van der Waals surface area contributed by atoms with Gasteiger partial charge in [0.1, 0.15) is 11.3 Å². The van der Waals surface area contributed by atoms with E-state index in [4.69, 9.17) is 23.4 Å². The maximum absolute atomic E-state index is 15.5. The van der Waals surface area contributed by atoms with Gasteiger partial charge in [-0.2, -0.15) is 0 Å². The van der Waals surface area contributed by atoms with Crippen LogP contribution in [0.5, 0.6) is 5.75 Å². The molecule has 12 rings (SSSR count). The van der Waals surface area contributed by atoms with Crippen LogP contribution in [-0.4, -0.2) is 65.9 Å². The summed E-state index contributed by atoms with van der Waals surface area (Å²) in [5.41, 5.74) is 5.82. The highest BCUT2D eigenvalue weighted by Crippen LogP contribution is 2.58. The molecule has 0 radical (unpaired) electrons. The van der Waals surface area contributed by atoms with E-state index in [1.54, 1.807) is 13.0 Å². The van der Waals surface area contributed by atoms with Gasteiger partial charge < -0.3 is 38.7 Å². The minimum atomic E-state index is -1.29. The summed E-state index contributed by atoms with van der Waals surface area (Å²) >= 11 is 0. The second-order valence-electron chi connectivity index (χ2n) is 23.0. The summed E-state index contributed by atoms with van der Waals surface area (Å²) in [6.07, 6.45) is 14.7. The number of fused-ring (bicyclic) bond motifs is 13.